The zero-order chi connectivity index (χ0) is 16.4. The molecular formula is C16H17N4O3P. The summed E-state index contributed by atoms with van der Waals surface area (Å²) in [4.78, 5) is 16.4. The van der Waals surface area contributed by atoms with Gasteiger partial charge in [-0.15, -0.1) is 0 Å². The average molecular weight is 344 g/mol. The fourth-order valence-electron chi connectivity index (χ4n) is 2.54. The fourth-order valence-corrected chi connectivity index (χ4v) is 3.18. The van der Waals surface area contributed by atoms with Crippen LogP contribution in [0.3, 0.4) is 0 Å². The second-order valence-corrected chi connectivity index (χ2v) is 6.72. The van der Waals surface area contributed by atoms with E-state index in [0.29, 0.717) is 23.1 Å². The largest absolute Gasteiger partial charge is 0.426 e. The Hall–Kier alpha value is -2.24. The SMILES string of the molecule is O=[PH](OCc1ncc2[nH]c(C3CCC3)nc2n1)Oc1ccccc1. The molecule has 0 aliphatic heterocycles. The van der Waals surface area contributed by atoms with Gasteiger partial charge in [0.15, 0.2) is 11.5 Å². The summed E-state index contributed by atoms with van der Waals surface area (Å²) in [6.45, 7) is 0.0200. The Kier molecular flexibility index (Phi) is 4.28. The third-order valence-electron chi connectivity index (χ3n) is 4.06. The van der Waals surface area contributed by atoms with Gasteiger partial charge in [-0.2, -0.15) is 0 Å². The minimum Gasteiger partial charge on any atom is -0.426 e. The summed E-state index contributed by atoms with van der Waals surface area (Å²) < 4.78 is 22.3. The Bertz CT molecular complexity index is 864. The first-order valence-electron chi connectivity index (χ1n) is 7.89. The number of imidazole rings is 1. The summed E-state index contributed by atoms with van der Waals surface area (Å²) >= 11 is 0. The molecule has 24 heavy (non-hydrogen) atoms. The zero-order valence-corrected chi connectivity index (χ0v) is 13.9. The summed E-state index contributed by atoms with van der Waals surface area (Å²) in [5, 5.41) is 0. The molecule has 0 bridgehead atoms. The van der Waals surface area contributed by atoms with Crippen LogP contribution >= 0.6 is 8.25 Å². The first-order valence-corrected chi connectivity index (χ1v) is 9.11. The van der Waals surface area contributed by atoms with Gasteiger partial charge in [-0.1, -0.05) is 24.6 Å². The summed E-state index contributed by atoms with van der Waals surface area (Å²) in [6.07, 6.45) is 5.28. The Labute approximate surface area is 139 Å². The molecule has 2 aromatic heterocycles. The topological polar surface area (TPSA) is 90.0 Å². The summed E-state index contributed by atoms with van der Waals surface area (Å²) in [5.41, 5.74) is 1.43. The number of hydrogen-bond donors (Lipinski definition) is 1. The van der Waals surface area contributed by atoms with E-state index in [9.17, 15) is 4.57 Å². The van der Waals surface area contributed by atoms with Crippen LogP contribution in [-0.4, -0.2) is 19.9 Å². The number of aromatic nitrogens is 4. The Morgan fingerprint density at radius 1 is 1.21 bits per heavy atom. The number of nitrogens with one attached hydrogen (secondary N) is 1. The van der Waals surface area contributed by atoms with Gasteiger partial charge in [-0.05, 0) is 25.0 Å². The normalized spacial score (nSPS) is 16.0. The highest BCUT2D eigenvalue weighted by molar-refractivity contribution is 7.33. The molecule has 4 rings (SSSR count). The van der Waals surface area contributed by atoms with Crippen LogP contribution < -0.4 is 4.52 Å². The van der Waals surface area contributed by atoms with E-state index in [0.717, 1.165) is 11.3 Å². The van der Waals surface area contributed by atoms with Crippen molar-refractivity contribution in [2.75, 3.05) is 0 Å². The number of H-pyrrole nitrogens is 1. The predicted molar refractivity (Wildman–Crippen MR) is 89.1 cm³/mol. The predicted octanol–water partition coefficient (Wildman–Crippen LogP) is 3.61. The maximum atomic E-state index is 11.9. The Balaban J connectivity index is 1.40. The van der Waals surface area contributed by atoms with Crippen LogP contribution in [-0.2, 0) is 15.7 Å². The second-order valence-electron chi connectivity index (χ2n) is 5.73. The number of nitrogens with zero attached hydrogens (tertiary/aromatic N) is 3. The van der Waals surface area contributed by atoms with Gasteiger partial charge in [0.25, 0.3) is 0 Å². The number of para-hydroxylation sites is 1. The molecule has 1 saturated carbocycles. The maximum Gasteiger partial charge on any atom is 0.368 e. The molecule has 8 heteroatoms. The van der Waals surface area contributed by atoms with Crippen molar-refractivity contribution in [3.8, 4) is 5.75 Å². The molecule has 0 radical (unpaired) electrons. The van der Waals surface area contributed by atoms with E-state index >= 15 is 0 Å². The average Bonchev–Trinajstić information content (AvgIpc) is 2.94. The maximum absolute atomic E-state index is 11.9. The minimum absolute atomic E-state index is 0.0200. The molecule has 2 heterocycles. The molecule has 1 N–H and O–H groups in total. The Morgan fingerprint density at radius 2 is 2.04 bits per heavy atom. The van der Waals surface area contributed by atoms with Gasteiger partial charge < -0.3 is 9.51 Å². The number of fused-ring (bicyclic) bond motifs is 1. The van der Waals surface area contributed by atoms with Crippen LogP contribution in [0.15, 0.2) is 36.5 Å². The molecule has 1 atom stereocenters. The minimum atomic E-state index is -2.65. The van der Waals surface area contributed by atoms with Crippen molar-refractivity contribution >= 4 is 19.4 Å². The van der Waals surface area contributed by atoms with E-state index in [-0.39, 0.29) is 6.61 Å². The van der Waals surface area contributed by atoms with Crippen molar-refractivity contribution in [1.29, 1.82) is 0 Å². The van der Waals surface area contributed by atoms with Gasteiger partial charge in [0.1, 0.15) is 23.7 Å². The van der Waals surface area contributed by atoms with Gasteiger partial charge in [0.05, 0.1) is 6.20 Å². The molecular weight excluding hydrogens is 327 g/mol. The third-order valence-corrected chi connectivity index (χ3v) is 4.85. The van der Waals surface area contributed by atoms with Crippen molar-refractivity contribution in [1.82, 2.24) is 19.9 Å². The van der Waals surface area contributed by atoms with Crippen LogP contribution in [0, 0.1) is 0 Å². The lowest BCUT2D eigenvalue weighted by Crippen LogP contribution is -2.10. The highest BCUT2D eigenvalue weighted by Gasteiger charge is 2.23. The first-order chi connectivity index (χ1) is 11.8. The van der Waals surface area contributed by atoms with E-state index in [1.165, 1.54) is 19.3 Å². The number of hydrogen-bond acceptors (Lipinski definition) is 6. The van der Waals surface area contributed by atoms with E-state index in [4.69, 9.17) is 9.05 Å². The molecule has 0 spiro atoms. The number of rotatable bonds is 6. The molecule has 7 nitrogen and oxygen atoms in total. The van der Waals surface area contributed by atoms with E-state index < -0.39 is 8.25 Å². The van der Waals surface area contributed by atoms with E-state index in [2.05, 4.69) is 19.9 Å². The molecule has 0 saturated heterocycles. The van der Waals surface area contributed by atoms with Crippen LogP contribution in [0.4, 0.5) is 0 Å². The highest BCUT2D eigenvalue weighted by Crippen LogP contribution is 2.35. The summed E-state index contributed by atoms with van der Waals surface area (Å²) in [6, 6.07) is 8.91. The van der Waals surface area contributed by atoms with Gasteiger partial charge in [0, 0.05) is 5.92 Å². The van der Waals surface area contributed by atoms with Crippen molar-refractivity contribution in [2.24, 2.45) is 0 Å². The van der Waals surface area contributed by atoms with Crippen molar-refractivity contribution < 1.29 is 13.6 Å². The molecule has 1 aliphatic carbocycles. The van der Waals surface area contributed by atoms with Crippen LogP contribution in [0.1, 0.15) is 36.8 Å². The third kappa shape index (κ3) is 3.32. The fraction of sp³-hybridized carbons (Fsp3) is 0.312. The molecule has 3 aromatic rings. The molecule has 0 amide bonds. The van der Waals surface area contributed by atoms with Gasteiger partial charge in [-0.25, -0.2) is 19.5 Å². The van der Waals surface area contributed by atoms with Crippen molar-refractivity contribution in [2.45, 2.75) is 31.8 Å². The molecule has 1 fully saturated rings. The van der Waals surface area contributed by atoms with Gasteiger partial charge in [0.2, 0.25) is 0 Å². The molecule has 124 valence electrons. The number of benzene rings is 1. The van der Waals surface area contributed by atoms with Crippen LogP contribution in [0.2, 0.25) is 0 Å². The smallest absolute Gasteiger partial charge is 0.368 e. The van der Waals surface area contributed by atoms with E-state index in [1.54, 1.807) is 30.5 Å². The highest BCUT2D eigenvalue weighted by atomic mass is 31.1. The summed E-state index contributed by atoms with van der Waals surface area (Å²) in [7, 11) is -2.65. The zero-order valence-electron chi connectivity index (χ0n) is 12.9. The lowest BCUT2D eigenvalue weighted by atomic mass is 9.85. The Morgan fingerprint density at radius 3 is 2.79 bits per heavy atom. The second kappa shape index (κ2) is 6.71. The van der Waals surface area contributed by atoms with Crippen LogP contribution in [0.25, 0.3) is 11.2 Å². The van der Waals surface area contributed by atoms with Crippen LogP contribution in [0.5, 0.6) is 5.75 Å². The van der Waals surface area contributed by atoms with E-state index in [1.807, 2.05) is 6.07 Å². The molecule has 1 aliphatic rings. The van der Waals surface area contributed by atoms with Gasteiger partial charge >= 0.3 is 8.25 Å². The van der Waals surface area contributed by atoms with Crippen molar-refractivity contribution in [3.63, 3.8) is 0 Å². The summed E-state index contributed by atoms with van der Waals surface area (Å²) in [5.74, 6) is 2.43. The quantitative estimate of drug-likeness (QED) is 0.687. The first kappa shape index (κ1) is 15.3. The lowest BCUT2D eigenvalue weighted by molar-refractivity contribution is 0.269. The lowest BCUT2D eigenvalue weighted by Gasteiger charge is -2.22. The van der Waals surface area contributed by atoms with Gasteiger partial charge in [-0.3, -0.25) is 4.52 Å². The number of aromatic amines is 1. The molecule has 1 unspecified atom stereocenters. The monoisotopic (exact) mass is 344 g/mol. The molecule has 1 aromatic carbocycles. The standard InChI is InChI=1S/C16H17N4O3P/c21-24(23-12-7-2-1-3-8-12)22-10-14-17-9-13-16(19-14)20-15(18-13)11-5-4-6-11/h1-3,7-9,11,24H,4-6,10H2,(H,17,18,19,20). The van der Waals surface area contributed by atoms with Crippen molar-refractivity contribution in [3.05, 3.63) is 48.2 Å².